The van der Waals surface area contributed by atoms with Crippen LogP contribution in [0.1, 0.15) is 63.6 Å². The number of aliphatic hydroxyl groups is 1. The zero-order valence-electron chi connectivity index (χ0n) is 20.5. The fourth-order valence-electron chi connectivity index (χ4n) is 3.54. The van der Waals surface area contributed by atoms with Crippen molar-refractivity contribution in [1.29, 1.82) is 0 Å². The fraction of sp³-hybridized carbons (Fsp3) is 0.583. The lowest BCUT2D eigenvalue weighted by atomic mass is 9.78. The molecule has 2 unspecified atom stereocenters. The van der Waals surface area contributed by atoms with E-state index in [1.807, 2.05) is 19.9 Å². The van der Waals surface area contributed by atoms with Gasteiger partial charge < -0.3 is 29.2 Å². The maximum absolute atomic E-state index is 12.5. The molecule has 0 amide bonds. The van der Waals surface area contributed by atoms with E-state index in [1.165, 1.54) is 13.8 Å². The van der Waals surface area contributed by atoms with Crippen molar-refractivity contribution in [2.45, 2.75) is 78.6 Å². The maximum Gasteiger partial charge on any atom is 0.311 e. The SMILES string of the molecule is CC(=O)OCC(COC(C)O)OC(=O)CCC(=O)Oc1cc(C)cc(C)c1C(C)(C)CC(=O)O. The Balaban J connectivity index is 2.83. The first kappa shape index (κ1) is 29.1. The standard InChI is InChI=1S/C24H34O10/c1-14-9-15(2)23(24(5,6)11-20(27)28)19(10-14)34-22(30)8-7-21(29)33-18(12-31-16(3)25)13-32-17(4)26/h9-10,16,18,25H,7-8,11-13H2,1-6H3,(H,27,28). The number of carbonyl (C=O) groups is 4. The monoisotopic (exact) mass is 482 g/mol. The Labute approximate surface area is 199 Å². The first-order chi connectivity index (χ1) is 15.7. The highest BCUT2D eigenvalue weighted by atomic mass is 16.6. The van der Waals surface area contributed by atoms with Gasteiger partial charge in [0.2, 0.25) is 0 Å². The van der Waals surface area contributed by atoms with Crippen LogP contribution in [0.4, 0.5) is 0 Å². The molecular formula is C24H34O10. The van der Waals surface area contributed by atoms with E-state index in [9.17, 15) is 29.4 Å². The van der Waals surface area contributed by atoms with Gasteiger partial charge >= 0.3 is 23.9 Å². The molecular weight excluding hydrogens is 448 g/mol. The third-order valence-electron chi connectivity index (χ3n) is 4.76. The van der Waals surface area contributed by atoms with E-state index in [-0.39, 0.29) is 38.2 Å². The minimum absolute atomic E-state index is 0.161. The van der Waals surface area contributed by atoms with Gasteiger partial charge in [-0.25, -0.2) is 0 Å². The summed E-state index contributed by atoms with van der Waals surface area (Å²) >= 11 is 0. The molecule has 0 radical (unpaired) electrons. The molecule has 0 saturated carbocycles. The van der Waals surface area contributed by atoms with Crippen LogP contribution >= 0.6 is 0 Å². The number of aryl methyl sites for hydroxylation is 2. The van der Waals surface area contributed by atoms with Gasteiger partial charge in [-0.1, -0.05) is 19.9 Å². The van der Waals surface area contributed by atoms with Crippen LogP contribution in [0.3, 0.4) is 0 Å². The van der Waals surface area contributed by atoms with Crippen LogP contribution in [0.2, 0.25) is 0 Å². The predicted molar refractivity (Wildman–Crippen MR) is 120 cm³/mol. The summed E-state index contributed by atoms with van der Waals surface area (Å²) in [6.45, 7) is 9.27. The zero-order chi connectivity index (χ0) is 26.1. The molecule has 0 fully saturated rings. The van der Waals surface area contributed by atoms with E-state index < -0.39 is 41.7 Å². The molecule has 0 aliphatic rings. The summed E-state index contributed by atoms with van der Waals surface area (Å²) in [5.74, 6) is -2.73. The van der Waals surface area contributed by atoms with Crippen LogP contribution in [-0.4, -0.2) is 59.7 Å². The average molecular weight is 483 g/mol. The van der Waals surface area contributed by atoms with E-state index in [0.29, 0.717) is 5.56 Å². The molecule has 1 aromatic rings. The summed E-state index contributed by atoms with van der Waals surface area (Å²) < 4.78 is 20.5. The Morgan fingerprint density at radius 3 is 2.21 bits per heavy atom. The Kier molecular flexibility index (Phi) is 11.1. The number of carboxylic acid groups (broad SMARTS) is 1. The molecule has 190 valence electrons. The minimum atomic E-state index is -1.11. The molecule has 10 heteroatoms. The number of carbonyl (C=O) groups excluding carboxylic acids is 3. The van der Waals surface area contributed by atoms with Crippen molar-refractivity contribution in [2.24, 2.45) is 0 Å². The smallest absolute Gasteiger partial charge is 0.311 e. The number of carboxylic acids is 1. The van der Waals surface area contributed by atoms with Crippen molar-refractivity contribution in [3.05, 3.63) is 28.8 Å². The molecule has 0 heterocycles. The number of ether oxygens (including phenoxy) is 4. The van der Waals surface area contributed by atoms with Gasteiger partial charge in [0.05, 0.1) is 25.9 Å². The van der Waals surface area contributed by atoms with Gasteiger partial charge in [0.1, 0.15) is 12.4 Å². The lowest BCUT2D eigenvalue weighted by molar-refractivity contribution is -0.170. The minimum Gasteiger partial charge on any atom is -0.481 e. The maximum atomic E-state index is 12.5. The predicted octanol–water partition coefficient (Wildman–Crippen LogP) is 2.57. The van der Waals surface area contributed by atoms with Crippen LogP contribution in [0, 0.1) is 13.8 Å². The highest BCUT2D eigenvalue weighted by molar-refractivity contribution is 5.79. The summed E-state index contributed by atoms with van der Waals surface area (Å²) in [5.41, 5.74) is 1.43. The first-order valence-electron chi connectivity index (χ1n) is 10.9. The van der Waals surface area contributed by atoms with Crippen LogP contribution < -0.4 is 4.74 Å². The van der Waals surface area contributed by atoms with Crippen molar-refractivity contribution in [3.8, 4) is 5.75 Å². The number of aliphatic hydroxyl groups excluding tert-OH is 1. The van der Waals surface area contributed by atoms with Gasteiger partial charge in [0.25, 0.3) is 0 Å². The molecule has 1 aromatic carbocycles. The molecule has 1 rings (SSSR count). The molecule has 34 heavy (non-hydrogen) atoms. The topological polar surface area (TPSA) is 146 Å². The Hall–Kier alpha value is -2.98. The van der Waals surface area contributed by atoms with E-state index in [2.05, 4.69) is 0 Å². The van der Waals surface area contributed by atoms with Gasteiger partial charge in [0.15, 0.2) is 12.4 Å². The lowest BCUT2D eigenvalue weighted by Gasteiger charge is -2.28. The average Bonchev–Trinajstić information content (AvgIpc) is 2.66. The van der Waals surface area contributed by atoms with Crippen LogP contribution in [-0.2, 0) is 38.8 Å². The second-order valence-corrected chi connectivity index (χ2v) is 8.73. The highest BCUT2D eigenvalue weighted by Crippen LogP contribution is 2.38. The summed E-state index contributed by atoms with van der Waals surface area (Å²) in [6.07, 6.45) is -2.81. The molecule has 0 spiro atoms. The molecule has 2 atom stereocenters. The Morgan fingerprint density at radius 1 is 1.03 bits per heavy atom. The summed E-state index contributed by atoms with van der Waals surface area (Å²) in [4.78, 5) is 47.0. The molecule has 10 nitrogen and oxygen atoms in total. The van der Waals surface area contributed by atoms with Gasteiger partial charge in [-0.2, -0.15) is 0 Å². The van der Waals surface area contributed by atoms with Crippen molar-refractivity contribution >= 4 is 23.9 Å². The van der Waals surface area contributed by atoms with Gasteiger partial charge in [-0.3, -0.25) is 19.2 Å². The molecule has 0 aromatic heterocycles. The summed E-state index contributed by atoms with van der Waals surface area (Å²) in [5, 5.41) is 18.5. The van der Waals surface area contributed by atoms with Crippen LogP contribution in [0.15, 0.2) is 12.1 Å². The quantitative estimate of drug-likeness (QED) is 0.244. The van der Waals surface area contributed by atoms with Crippen molar-refractivity contribution in [3.63, 3.8) is 0 Å². The largest absolute Gasteiger partial charge is 0.481 e. The highest BCUT2D eigenvalue weighted by Gasteiger charge is 2.30. The van der Waals surface area contributed by atoms with Crippen molar-refractivity contribution in [2.75, 3.05) is 13.2 Å². The van der Waals surface area contributed by atoms with Crippen molar-refractivity contribution < 1.29 is 48.3 Å². The van der Waals surface area contributed by atoms with E-state index >= 15 is 0 Å². The van der Waals surface area contributed by atoms with E-state index in [1.54, 1.807) is 19.9 Å². The second-order valence-electron chi connectivity index (χ2n) is 8.73. The summed E-state index contributed by atoms with van der Waals surface area (Å²) in [6, 6.07) is 3.54. The zero-order valence-corrected chi connectivity index (χ0v) is 20.5. The third-order valence-corrected chi connectivity index (χ3v) is 4.76. The normalized spacial score (nSPS) is 13.0. The summed E-state index contributed by atoms with van der Waals surface area (Å²) in [7, 11) is 0. The molecule has 0 saturated heterocycles. The number of aliphatic carboxylic acids is 1. The van der Waals surface area contributed by atoms with Gasteiger partial charge in [0, 0.05) is 17.9 Å². The third kappa shape index (κ3) is 10.3. The number of rotatable bonds is 13. The fourth-order valence-corrected chi connectivity index (χ4v) is 3.54. The molecule has 2 N–H and O–H groups in total. The Morgan fingerprint density at radius 2 is 1.65 bits per heavy atom. The molecule has 0 aliphatic heterocycles. The number of hydrogen-bond acceptors (Lipinski definition) is 9. The first-order valence-corrected chi connectivity index (χ1v) is 10.9. The van der Waals surface area contributed by atoms with Crippen LogP contribution in [0.5, 0.6) is 5.75 Å². The van der Waals surface area contributed by atoms with E-state index in [4.69, 9.17) is 18.9 Å². The molecule has 0 aliphatic carbocycles. The number of esters is 3. The number of benzene rings is 1. The second kappa shape index (κ2) is 13.0. The van der Waals surface area contributed by atoms with Gasteiger partial charge in [-0.05, 0) is 38.0 Å². The lowest BCUT2D eigenvalue weighted by Crippen LogP contribution is -2.31. The van der Waals surface area contributed by atoms with Crippen molar-refractivity contribution in [1.82, 2.24) is 0 Å². The number of hydrogen-bond donors (Lipinski definition) is 2. The molecule has 0 bridgehead atoms. The van der Waals surface area contributed by atoms with Gasteiger partial charge in [-0.15, -0.1) is 0 Å². The van der Waals surface area contributed by atoms with Crippen LogP contribution in [0.25, 0.3) is 0 Å². The Bertz CT molecular complexity index is 888. The van der Waals surface area contributed by atoms with E-state index in [0.717, 1.165) is 11.1 Å².